The van der Waals surface area contributed by atoms with Crippen LogP contribution in [-0.4, -0.2) is 11.8 Å². The summed E-state index contributed by atoms with van der Waals surface area (Å²) in [5.41, 5.74) is 2.19. The summed E-state index contributed by atoms with van der Waals surface area (Å²) in [4.78, 5) is 25.6. The average molecular weight is 382 g/mol. The van der Waals surface area contributed by atoms with Crippen LogP contribution < -0.4 is 10.6 Å². The molecule has 1 aromatic heterocycles. The van der Waals surface area contributed by atoms with Crippen LogP contribution in [-0.2, 0) is 4.79 Å². The zero-order chi connectivity index (χ0) is 19.4. The molecule has 0 aliphatic rings. The van der Waals surface area contributed by atoms with E-state index < -0.39 is 0 Å². The minimum absolute atomic E-state index is 0.0568. The van der Waals surface area contributed by atoms with Crippen molar-refractivity contribution in [1.29, 1.82) is 0 Å². The second kappa shape index (κ2) is 8.14. The van der Waals surface area contributed by atoms with E-state index in [1.54, 1.807) is 42.5 Å². The summed E-state index contributed by atoms with van der Waals surface area (Å²) in [6.07, 6.45) is 0. The molecule has 0 aliphatic carbocycles. The lowest BCUT2D eigenvalue weighted by Crippen LogP contribution is -2.17. The van der Waals surface area contributed by atoms with Crippen LogP contribution in [0, 0.1) is 11.7 Å². The largest absolute Gasteiger partial charge is 0.326 e. The lowest BCUT2D eigenvalue weighted by molar-refractivity contribution is -0.118. The average Bonchev–Trinajstić information content (AvgIpc) is 3.14. The van der Waals surface area contributed by atoms with E-state index in [4.69, 9.17) is 0 Å². The Kier molecular flexibility index (Phi) is 5.66. The molecule has 4 nitrogen and oxygen atoms in total. The van der Waals surface area contributed by atoms with E-state index in [0.29, 0.717) is 16.3 Å². The summed E-state index contributed by atoms with van der Waals surface area (Å²) in [5, 5.41) is 5.64. The number of benzene rings is 2. The molecular weight excluding hydrogens is 363 g/mol. The van der Waals surface area contributed by atoms with Crippen molar-refractivity contribution in [1.82, 2.24) is 0 Å². The zero-order valence-electron chi connectivity index (χ0n) is 15.0. The first-order chi connectivity index (χ1) is 12.9. The van der Waals surface area contributed by atoms with Crippen molar-refractivity contribution >= 4 is 34.5 Å². The third kappa shape index (κ3) is 4.80. The lowest BCUT2D eigenvalue weighted by Gasteiger charge is -2.09. The van der Waals surface area contributed by atoms with Crippen LogP contribution in [0.3, 0.4) is 0 Å². The second-order valence-electron chi connectivity index (χ2n) is 6.35. The lowest BCUT2D eigenvalue weighted by atomic mass is 10.2. The number of anilines is 2. The maximum atomic E-state index is 13.0. The molecule has 6 heteroatoms. The quantitative estimate of drug-likeness (QED) is 0.621. The molecule has 3 aromatic rings. The van der Waals surface area contributed by atoms with Gasteiger partial charge in [-0.1, -0.05) is 26.0 Å². The minimum atomic E-state index is -0.290. The van der Waals surface area contributed by atoms with Gasteiger partial charge >= 0.3 is 0 Å². The highest BCUT2D eigenvalue weighted by Crippen LogP contribution is 2.29. The fourth-order valence-corrected chi connectivity index (χ4v) is 3.25. The molecule has 0 atom stereocenters. The molecule has 0 saturated carbocycles. The molecule has 3 rings (SSSR count). The normalized spacial score (nSPS) is 10.7. The molecule has 0 bridgehead atoms. The first kappa shape index (κ1) is 18.8. The summed E-state index contributed by atoms with van der Waals surface area (Å²) in [7, 11) is 0. The Hall–Kier alpha value is -2.99. The van der Waals surface area contributed by atoms with E-state index in [0.717, 1.165) is 10.4 Å². The van der Waals surface area contributed by atoms with Crippen LogP contribution in [0.4, 0.5) is 15.8 Å². The molecule has 27 heavy (non-hydrogen) atoms. The summed E-state index contributed by atoms with van der Waals surface area (Å²) >= 11 is 1.34. The predicted molar refractivity (Wildman–Crippen MR) is 108 cm³/mol. The third-order valence-corrected chi connectivity index (χ3v) is 5.03. The monoisotopic (exact) mass is 382 g/mol. The number of rotatable bonds is 5. The van der Waals surface area contributed by atoms with Gasteiger partial charge in [0.05, 0.1) is 4.88 Å². The van der Waals surface area contributed by atoms with Crippen molar-refractivity contribution < 1.29 is 14.0 Å². The number of hydrogen-bond acceptors (Lipinski definition) is 3. The maximum Gasteiger partial charge on any atom is 0.265 e. The molecular formula is C21H19FN2O2S. The second-order valence-corrected chi connectivity index (χ2v) is 7.43. The summed E-state index contributed by atoms with van der Waals surface area (Å²) in [6, 6.07) is 16.7. The highest BCUT2D eigenvalue weighted by molar-refractivity contribution is 7.17. The van der Waals surface area contributed by atoms with Crippen molar-refractivity contribution in [2.75, 3.05) is 10.6 Å². The molecule has 1 heterocycles. The SMILES string of the molecule is CC(C)C(=O)Nc1ccc(NC(=O)c2ccc(-c3ccc(F)cc3)s2)cc1. The number of hydrogen-bond donors (Lipinski definition) is 2. The van der Waals surface area contributed by atoms with Crippen molar-refractivity contribution in [3.8, 4) is 10.4 Å². The molecule has 0 fully saturated rings. The van der Waals surface area contributed by atoms with Gasteiger partial charge in [0.1, 0.15) is 5.82 Å². The Morgan fingerprint density at radius 3 is 2.04 bits per heavy atom. The molecule has 2 amide bonds. The van der Waals surface area contributed by atoms with Crippen molar-refractivity contribution in [3.05, 3.63) is 71.4 Å². The van der Waals surface area contributed by atoms with Gasteiger partial charge in [0, 0.05) is 22.2 Å². The smallest absolute Gasteiger partial charge is 0.265 e. The Bertz CT molecular complexity index is 947. The van der Waals surface area contributed by atoms with Crippen molar-refractivity contribution in [2.45, 2.75) is 13.8 Å². The molecule has 2 N–H and O–H groups in total. The number of thiophene rings is 1. The molecule has 0 saturated heterocycles. The molecule has 0 spiro atoms. The van der Waals surface area contributed by atoms with Gasteiger partial charge in [-0.05, 0) is 54.1 Å². The van der Waals surface area contributed by atoms with Gasteiger partial charge in [0.2, 0.25) is 5.91 Å². The van der Waals surface area contributed by atoms with Crippen LogP contribution in [0.15, 0.2) is 60.7 Å². The van der Waals surface area contributed by atoms with E-state index >= 15 is 0 Å². The molecule has 138 valence electrons. The zero-order valence-corrected chi connectivity index (χ0v) is 15.8. The number of nitrogens with one attached hydrogen (secondary N) is 2. The van der Waals surface area contributed by atoms with Gasteiger partial charge in [-0.2, -0.15) is 0 Å². The van der Waals surface area contributed by atoms with Crippen molar-refractivity contribution in [3.63, 3.8) is 0 Å². The van der Waals surface area contributed by atoms with E-state index in [1.165, 1.54) is 23.5 Å². The van der Waals surface area contributed by atoms with Gasteiger partial charge < -0.3 is 10.6 Å². The Labute approximate surface area is 161 Å². The van der Waals surface area contributed by atoms with E-state index in [-0.39, 0.29) is 23.5 Å². The van der Waals surface area contributed by atoms with Gasteiger partial charge in [0.15, 0.2) is 0 Å². The van der Waals surface area contributed by atoms with Crippen LogP contribution in [0.1, 0.15) is 23.5 Å². The van der Waals surface area contributed by atoms with Crippen LogP contribution in [0.5, 0.6) is 0 Å². The Balaban J connectivity index is 1.65. The summed E-state index contributed by atoms with van der Waals surface area (Å²) in [5.74, 6) is -0.661. The maximum absolute atomic E-state index is 13.0. The van der Waals surface area contributed by atoms with Gasteiger partial charge in [0.25, 0.3) is 5.91 Å². The topological polar surface area (TPSA) is 58.2 Å². The van der Waals surface area contributed by atoms with E-state index in [9.17, 15) is 14.0 Å². The minimum Gasteiger partial charge on any atom is -0.326 e. The first-order valence-electron chi connectivity index (χ1n) is 8.50. The first-order valence-corrected chi connectivity index (χ1v) is 9.32. The number of carbonyl (C=O) groups is 2. The van der Waals surface area contributed by atoms with Crippen LogP contribution in [0.2, 0.25) is 0 Å². The number of halogens is 1. The highest BCUT2D eigenvalue weighted by atomic mass is 32.1. The molecule has 0 unspecified atom stereocenters. The number of carbonyl (C=O) groups excluding carboxylic acids is 2. The fraction of sp³-hybridized carbons (Fsp3) is 0.143. The van der Waals surface area contributed by atoms with Gasteiger partial charge in [-0.3, -0.25) is 9.59 Å². The van der Waals surface area contributed by atoms with Crippen LogP contribution in [0.25, 0.3) is 10.4 Å². The number of amides is 2. The van der Waals surface area contributed by atoms with Gasteiger partial charge in [-0.15, -0.1) is 11.3 Å². The van der Waals surface area contributed by atoms with E-state index in [2.05, 4.69) is 10.6 Å². The predicted octanol–water partition coefficient (Wildman–Crippen LogP) is 5.40. The van der Waals surface area contributed by atoms with Crippen LogP contribution >= 0.6 is 11.3 Å². The van der Waals surface area contributed by atoms with Crippen molar-refractivity contribution in [2.24, 2.45) is 5.92 Å². The molecule has 0 radical (unpaired) electrons. The highest BCUT2D eigenvalue weighted by Gasteiger charge is 2.11. The van der Waals surface area contributed by atoms with E-state index in [1.807, 2.05) is 19.9 Å². The molecule has 2 aromatic carbocycles. The molecule has 0 aliphatic heterocycles. The Morgan fingerprint density at radius 2 is 1.44 bits per heavy atom. The van der Waals surface area contributed by atoms with Gasteiger partial charge in [-0.25, -0.2) is 4.39 Å². The summed E-state index contributed by atoms with van der Waals surface area (Å²) < 4.78 is 13.0. The Morgan fingerprint density at radius 1 is 0.852 bits per heavy atom. The third-order valence-electron chi connectivity index (χ3n) is 3.89. The summed E-state index contributed by atoms with van der Waals surface area (Å²) in [6.45, 7) is 3.65. The standard InChI is InChI=1S/C21H19FN2O2S/c1-13(2)20(25)23-16-7-9-17(10-8-16)24-21(26)19-12-11-18(27-19)14-3-5-15(22)6-4-14/h3-13H,1-2H3,(H,23,25)(H,24,26). The fourth-order valence-electron chi connectivity index (χ4n) is 2.35.